The number of ether oxygens (including phenoxy) is 2. The van der Waals surface area contributed by atoms with Gasteiger partial charge in [-0.3, -0.25) is 9.69 Å². The normalized spacial score (nSPS) is 20.6. The molecule has 27 heavy (non-hydrogen) atoms. The fourth-order valence-electron chi connectivity index (χ4n) is 3.70. The minimum atomic E-state index is -0.133. The number of carbonyl (C=O) groups is 1. The number of aliphatic imine (C=N–C) groups is 1. The largest absolute Gasteiger partial charge is 0.493 e. The number of allylic oxidation sites excluding steroid dienone is 1. The van der Waals surface area contributed by atoms with E-state index >= 15 is 0 Å². The van der Waals surface area contributed by atoms with Gasteiger partial charge in [0.15, 0.2) is 11.5 Å². The third kappa shape index (κ3) is 2.83. The van der Waals surface area contributed by atoms with Gasteiger partial charge in [-0.2, -0.15) is 0 Å². The first-order valence-electron chi connectivity index (χ1n) is 9.03. The van der Waals surface area contributed by atoms with Crippen molar-refractivity contribution in [3.63, 3.8) is 0 Å². The molecule has 1 aromatic carbocycles. The van der Waals surface area contributed by atoms with Crippen LogP contribution in [0.2, 0.25) is 0 Å². The average Bonchev–Trinajstić information content (AvgIpc) is 2.68. The maximum absolute atomic E-state index is 13.3. The summed E-state index contributed by atoms with van der Waals surface area (Å²) in [6, 6.07) is 5.52. The lowest BCUT2D eigenvalue weighted by molar-refractivity contribution is -0.113. The van der Waals surface area contributed by atoms with Crippen LogP contribution in [-0.4, -0.2) is 42.9 Å². The van der Waals surface area contributed by atoms with Crippen LogP contribution in [0.4, 0.5) is 5.69 Å². The van der Waals surface area contributed by atoms with E-state index in [4.69, 9.17) is 9.47 Å². The summed E-state index contributed by atoms with van der Waals surface area (Å²) in [4.78, 5) is 21.4. The first kappa shape index (κ1) is 17.5. The number of nitrogens with zero attached hydrogens (tertiary/aromatic N) is 3. The molecule has 0 aromatic heterocycles. The van der Waals surface area contributed by atoms with Gasteiger partial charge in [0.05, 0.1) is 25.6 Å². The highest BCUT2D eigenvalue weighted by Gasteiger charge is 2.42. The summed E-state index contributed by atoms with van der Waals surface area (Å²) in [7, 11) is 3.19. The van der Waals surface area contributed by atoms with Crippen molar-refractivity contribution < 1.29 is 14.3 Å². The van der Waals surface area contributed by atoms with E-state index < -0.39 is 0 Å². The molecule has 0 atom stereocenters. The number of hydrogen-bond acceptors (Lipinski definition) is 6. The van der Waals surface area contributed by atoms with E-state index in [2.05, 4.69) is 24.2 Å². The zero-order valence-electron chi connectivity index (χ0n) is 16.1. The monoisotopic (exact) mass is 368 g/mol. The van der Waals surface area contributed by atoms with Crippen molar-refractivity contribution in [2.45, 2.75) is 32.2 Å². The Morgan fingerprint density at radius 1 is 1.19 bits per heavy atom. The number of methoxy groups -OCH3 is 2. The van der Waals surface area contributed by atoms with Crippen LogP contribution in [0.5, 0.6) is 11.5 Å². The van der Waals surface area contributed by atoms with Crippen LogP contribution in [0.15, 0.2) is 47.0 Å². The van der Waals surface area contributed by atoms with E-state index in [9.17, 15) is 4.79 Å². The predicted molar refractivity (Wildman–Crippen MR) is 104 cm³/mol. The molecule has 0 radical (unpaired) electrons. The molecule has 3 aliphatic heterocycles. The molecule has 0 saturated carbocycles. The fourth-order valence-corrected chi connectivity index (χ4v) is 3.70. The Balaban J connectivity index is 1.86. The molecular formula is C20H24N4O3. The van der Waals surface area contributed by atoms with Gasteiger partial charge in [0, 0.05) is 24.4 Å². The first-order chi connectivity index (χ1) is 12.9. The van der Waals surface area contributed by atoms with Crippen molar-refractivity contribution in [2.75, 3.05) is 25.7 Å². The molecule has 0 fully saturated rings. The molecule has 7 heteroatoms. The number of carbonyl (C=O) groups excluding carboxylic acids is 1. The summed E-state index contributed by atoms with van der Waals surface area (Å²) in [5.41, 5.74) is 1.65. The van der Waals surface area contributed by atoms with E-state index in [0.29, 0.717) is 23.9 Å². The molecule has 1 N–H and O–H groups in total. The molecular weight excluding hydrogens is 344 g/mol. The van der Waals surface area contributed by atoms with Crippen LogP contribution in [0.1, 0.15) is 26.7 Å². The van der Waals surface area contributed by atoms with Gasteiger partial charge in [0.2, 0.25) is 5.84 Å². The standard InChI is InChI=1S/C20H24N4O3/c1-20(2)9-8-14-17(22-20)23-11-5-10-21-18(23)19(25)24(14)13-6-7-15(26-3)16(12-13)27-4/h5-7,10,12,22H,8-9,11H2,1-4H3. The quantitative estimate of drug-likeness (QED) is 0.888. The molecule has 1 aromatic rings. The highest BCUT2D eigenvalue weighted by atomic mass is 16.5. The third-order valence-electron chi connectivity index (χ3n) is 5.12. The Bertz CT molecular complexity index is 885. The van der Waals surface area contributed by atoms with E-state index in [1.165, 1.54) is 0 Å². The molecule has 0 saturated heterocycles. The van der Waals surface area contributed by atoms with Crippen LogP contribution in [-0.2, 0) is 4.79 Å². The number of anilines is 1. The van der Waals surface area contributed by atoms with Gasteiger partial charge in [-0.25, -0.2) is 4.99 Å². The molecule has 3 aliphatic rings. The number of benzene rings is 1. The minimum Gasteiger partial charge on any atom is -0.493 e. The summed E-state index contributed by atoms with van der Waals surface area (Å²) < 4.78 is 10.8. The molecule has 1 amide bonds. The first-order valence-corrected chi connectivity index (χ1v) is 9.03. The van der Waals surface area contributed by atoms with Crippen molar-refractivity contribution in [2.24, 2.45) is 4.99 Å². The molecule has 7 nitrogen and oxygen atoms in total. The van der Waals surface area contributed by atoms with Crippen molar-refractivity contribution >= 4 is 17.4 Å². The van der Waals surface area contributed by atoms with E-state index in [-0.39, 0.29) is 11.4 Å². The topological polar surface area (TPSA) is 66.4 Å². The summed E-state index contributed by atoms with van der Waals surface area (Å²) in [5, 5.41) is 3.61. The Morgan fingerprint density at radius 2 is 1.96 bits per heavy atom. The molecule has 0 unspecified atom stereocenters. The molecule has 142 valence electrons. The van der Waals surface area contributed by atoms with Crippen molar-refractivity contribution in [1.29, 1.82) is 0 Å². The van der Waals surface area contributed by atoms with Crippen molar-refractivity contribution in [1.82, 2.24) is 10.2 Å². The van der Waals surface area contributed by atoms with Gasteiger partial charge in [0.1, 0.15) is 5.82 Å². The van der Waals surface area contributed by atoms with Crippen LogP contribution in [0, 0.1) is 0 Å². The van der Waals surface area contributed by atoms with Crippen molar-refractivity contribution in [3.8, 4) is 11.5 Å². The zero-order valence-corrected chi connectivity index (χ0v) is 16.1. The zero-order chi connectivity index (χ0) is 19.2. The predicted octanol–water partition coefficient (Wildman–Crippen LogP) is 2.61. The van der Waals surface area contributed by atoms with Crippen LogP contribution >= 0.6 is 0 Å². The Morgan fingerprint density at radius 3 is 2.70 bits per heavy atom. The van der Waals surface area contributed by atoms with Crippen LogP contribution in [0.25, 0.3) is 0 Å². The summed E-state index contributed by atoms with van der Waals surface area (Å²) in [6.45, 7) is 4.97. The second-order valence-electron chi connectivity index (χ2n) is 7.43. The number of amides is 1. The van der Waals surface area contributed by atoms with Crippen LogP contribution < -0.4 is 19.7 Å². The summed E-state index contributed by atoms with van der Waals surface area (Å²) in [5.74, 6) is 2.45. The number of fused-ring (bicyclic) bond motifs is 2. The number of nitrogens with one attached hydrogen (secondary N) is 1. The maximum Gasteiger partial charge on any atom is 0.298 e. The second kappa shape index (κ2) is 6.33. The summed E-state index contributed by atoms with van der Waals surface area (Å²) >= 11 is 0. The lowest BCUT2D eigenvalue weighted by atomic mass is 9.91. The lowest BCUT2D eigenvalue weighted by Gasteiger charge is -2.46. The smallest absolute Gasteiger partial charge is 0.298 e. The summed E-state index contributed by atoms with van der Waals surface area (Å²) in [6.07, 6.45) is 5.37. The maximum atomic E-state index is 13.3. The molecule has 0 bridgehead atoms. The SMILES string of the molecule is COc1ccc(N2C(=O)C3=NC=CCN3C3=C2CCC(C)(C)N3)cc1OC. The minimum absolute atomic E-state index is 0.0469. The average molecular weight is 368 g/mol. The van der Waals surface area contributed by atoms with Gasteiger partial charge in [-0.15, -0.1) is 0 Å². The molecule has 3 heterocycles. The highest BCUT2D eigenvalue weighted by molar-refractivity contribution is 6.44. The number of amidine groups is 1. The fraction of sp³-hybridized carbons (Fsp3) is 0.400. The van der Waals surface area contributed by atoms with Crippen LogP contribution in [0.3, 0.4) is 0 Å². The van der Waals surface area contributed by atoms with E-state index in [0.717, 1.165) is 30.0 Å². The molecule has 0 aliphatic carbocycles. The molecule has 0 spiro atoms. The second-order valence-corrected chi connectivity index (χ2v) is 7.43. The van der Waals surface area contributed by atoms with E-state index in [1.54, 1.807) is 25.3 Å². The Hall–Kier alpha value is -2.96. The van der Waals surface area contributed by atoms with E-state index in [1.807, 2.05) is 29.2 Å². The van der Waals surface area contributed by atoms with Gasteiger partial charge in [-0.1, -0.05) is 0 Å². The van der Waals surface area contributed by atoms with Gasteiger partial charge in [-0.05, 0) is 44.9 Å². The Kier molecular flexibility index (Phi) is 4.09. The van der Waals surface area contributed by atoms with Gasteiger partial charge < -0.3 is 19.7 Å². The number of hydrogen-bond donors (Lipinski definition) is 1. The van der Waals surface area contributed by atoms with Crippen molar-refractivity contribution in [3.05, 3.63) is 42.0 Å². The third-order valence-corrected chi connectivity index (χ3v) is 5.12. The van der Waals surface area contributed by atoms with Gasteiger partial charge >= 0.3 is 0 Å². The Labute approximate surface area is 158 Å². The molecule has 4 rings (SSSR count). The highest BCUT2D eigenvalue weighted by Crippen LogP contribution is 2.39. The lowest BCUT2D eigenvalue weighted by Crippen LogP contribution is -2.59. The van der Waals surface area contributed by atoms with Gasteiger partial charge in [0.25, 0.3) is 5.91 Å². The number of rotatable bonds is 3.